The molecule has 1 atom stereocenters. The number of rotatable bonds is 6. The van der Waals surface area contributed by atoms with Crippen molar-refractivity contribution in [2.24, 2.45) is 0 Å². The lowest BCUT2D eigenvalue weighted by molar-refractivity contribution is -0.123. The van der Waals surface area contributed by atoms with Crippen LogP contribution in [0.1, 0.15) is 34.8 Å². The number of benzene rings is 1. The first kappa shape index (κ1) is 16.0. The van der Waals surface area contributed by atoms with Crippen LogP contribution in [-0.4, -0.2) is 11.0 Å². The molecule has 1 amide bonds. The van der Waals surface area contributed by atoms with Crippen LogP contribution in [-0.2, 0) is 17.8 Å². The molecule has 1 heterocycles. The van der Waals surface area contributed by atoms with Crippen LogP contribution in [0.25, 0.3) is 0 Å². The zero-order valence-electron chi connectivity index (χ0n) is 11.8. The van der Waals surface area contributed by atoms with Gasteiger partial charge >= 0.3 is 0 Å². The van der Waals surface area contributed by atoms with Gasteiger partial charge in [0.15, 0.2) is 0 Å². The van der Waals surface area contributed by atoms with E-state index in [4.69, 9.17) is 11.6 Å². The Balaban J connectivity index is 1.82. The first-order valence-corrected chi connectivity index (χ1v) is 8.05. The Hall–Kier alpha value is -1.36. The van der Waals surface area contributed by atoms with Crippen molar-refractivity contribution in [2.75, 3.05) is 0 Å². The molecule has 112 valence electrons. The minimum absolute atomic E-state index is 0.0492. The second-order valence-corrected chi connectivity index (χ2v) is 6.46. The average Bonchev–Trinajstić information content (AvgIpc) is 2.94. The van der Waals surface area contributed by atoms with E-state index in [1.54, 1.807) is 35.6 Å². The number of nitrogens with one attached hydrogen (secondary N) is 1. The predicted octanol–water partition coefficient (Wildman–Crippen LogP) is 3.70. The summed E-state index contributed by atoms with van der Waals surface area (Å²) >= 11 is 7.49. The molecule has 0 radical (unpaired) electrons. The fourth-order valence-electron chi connectivity index (χ4n) is 1.94. The van der Waals surface area contributed by atoms with E-state index in [2.05, 4.69) is 18.3 Å². The van der Waals surface area contributed by atoms with Gasteiger partial charge in [-0.1, -0.05) is 30.7 Å². The van der Waals surface area contributed by atoms with Crippen LogP contribution in [0.2, 0.25) is 5.02 Å². The Morgan fingerprint density at radius 2 is 1.90 bits per heavy atom. The van der Waals surface area contributed by atoms with Crippen LogP contribution in [0.15, 0.2) is 36.4 Å². The number of hydrogen-bond donors (Lipinski definition) is 2. The Kier molecular flexibility index (Phi) is 5.79. The molecule has 0 saturated carbocycles. The van der Waals surface area contributed by atoms with E-state index < -0.39 is 6.10 Å². The number of aliphatic hydroxyl groups is 1. The van der Waals surface area contributed by atoms with Crippen molar-refractivity contribution in [2.45, 2.75) is 32.4 Å². The third-order valence-corrected chi connectivity index (χ3v) is 4.64. The highest BCUT2D eigenvalue weighted by Gasteiger charge is 2.13. The van der Waals surface area contributed by atoms with Gasteiger partial charge in [-0.2, -0.15) is 0 Å². The smallest absolute Gasteiger partial charge is 0.223 e. The van der Waals surface area contributed by atoms with Crippen LogP contribution in [0.4, 0.5) is 0 Å². The lowest BCUT2D eigenvalue weighted by atomic mass is 10.1. The quantitative estimate of drug-likeness (QED) is 0.851. The zero-order chi connectivity index (χ0) is 15.2. The van der Waals surface area contributed by atoms with Gasteiger partial charge in [-0.05, 0) is 36.2 Å². The molecule has 21 heavy (non-hydrogen) atoms. The molecule has 3 nitrogen and oxygen atoms in total. The molecule has 2 aromatic rings. The van der Waals surface area contributed by atoms with Crippen LogP contribution < -0.4 is 5.32 Å². The summed E-state index contributed by atoms with van der Waals surface area (Å²) in [6, 6.07) is 11.0. The minimum Gasteiger partial charge on any atom is -0.388 e. The normalized spacial score (nSPS) is 12.1. The third kappa shape index (κ3) is 4.84. The molecule has 1 unspecified atom stereocenters. The number of aryl methyl sites for hydroxylation is 1. The summed E-state index contributed by atoms with van der Waals surface area (Å²) in [5.74, 6) is -0.163. The highest BCUT2D eigenvalue weighted by Crippen LogP contribution is 2.20. The molecule has 1 aromatic heterocycles. The largest absolute Gasteiger partial charge is 0.388 e. The van der Waals surface area contributed by atoms with Gasteiger partial charge in [0.05, 0.1) is 19.1 Å². The molecule has 0 fully saturated rings. The topological polar surface area (TPSA) is 49.3 Å². The monoisotopic (exact) mass is 323 g/mol. The van der Waals surface area contributed by atoms with Gasteiger partial charge in [-0.3, -0.25) is 4.79 Å². The van der Waals surface area contributed by atoms with Crippen molar-refractivity contribution < 1.29 is 9.90 Å². The lowest BCUT2D eigenvalue weighted by Gasteiger charge is -2.11. The number of hydrogen-bond acceptors (Lipinski definition) is 3. The fraction of sp³-hybridized carbons (Fsp3) is 0.312. The van der Waals surface area contributed by atoms with Crippen LogP contribution in [0.5, 0.6) is 0 Å². The molecule has 0 aliphatic carbocycles. The Morgan fingerprint density at radius 3 is 2.52 bits per heavy atom. The molecule has 0 aliphatic rings. The third-order valence-electron chi connectivity index (χ3n) is 3.16. The molecule has 0 bridgehead atoms. The van der Waals surface area contributed by atoms with Gasteiger partial charge in [0, 0.05) is 14.8 Å². The molecule has 5 heteroatoms. The second-order valence-electron chi connectivity index (χ2n) is 4.77. The van der Waals surface area contributed by atoms with Gasteiger partial charge in [0.2, 0.25) is 5.91 Å². The highest BCUT2D eigenvalue weighted by atomic mass is 35.5. The number of halogens is 1. The van der Waals surface area contributed by atoms with E-state index in [-0.39, 0.29) is 12.3 Å². The van der Waals surface area contributed by atoms with Crippen LogP contribution in [0, 0.1) is 0 Å². The van der Waals surface area contributed by atoms with E-state index >= 15 is 0 Å². The van der Waals surface area contributed by atoms with E-state index in [1.807, 2.05) is 6.07 Å². The van der Waals surface area contributed by atoms with Crippen molar-refractivity contribution in [1.29, 1.82) is 0 Å². The maximum Gasteiger partial charge on any atom is 0.223 e. The van der Waals surface area contributed by atoms with E-state index in [9.17, 15) is 9.90 Å². The fourth-order valence-corrected chi connectivity index (χ4v) is 2.97. The second kappa shape index (κ2) is 7.59. The maximum absolute atomic E-state index is 11.9. The summed E-state index contributed by atoms with van der Waals surface area (Å²) in [5.41, 5.74) is 0.693. The summed E-state index contributed by atoms with van der Waals surface area (Å²) < 4.78 is 0. The van der Waals surface area contributed by atoms with Gasteiger partial charge < -0.3 is 10.4 Å². The molecule has 0 spiro atoms. The highest BCUT2D eigenvalue weighted by molar-refractivity contribution is 7.11. The minimum atomic E-state index is -0.809. The predicted molar refractivity (Wildman–Crippen MR) is 86.6 cm³/mol. The SMILES string of the molecule is CCc1ccc(CNC(=O)CC(O)c2ccc(Cl)cc2)s1. The van der Waals surface area contributed by atoms with Crippen LogP contribution in [0.3, 0.4) is 0 Å². The van der Waals surface area contributed by atoms with E-state index in [1.165, 1.54) is 4.88 Å². The maximum atomic E-state index is 11.9. The van der Waals surface area contributed by atoms with Crippen molar-refractivity contribution in [3.05, 3.63) is 56.7 Å². The first-order chi connectivity index (χ1) is 10.1. The van der Waals surface area contributed by atoms with Crippen molar-refractivity contribution in [3.63, 3.8) is 0 Å². The average molecular weight is 324 g/mol. The van der Waals surface area contributed by atoms with E-state index in [0.29, 0.717) is 17.1 Å². The molecule has 2 N–H and O–H groups in total. The van der Waals surface area contributed by atoms with E-state index in [0.717, 1.165) is 11.3 Å². The van der Waals surface area contributed by atoms with Gasteiger partial charge in [-0.25, -0.2) is 0 Å². The number of thiophene rings is 1. The molecule has 1 aromatic carbocycles. The van der Waals surface area contributed by atoms with Gasteiger partial charge in [0.25, 0.3) is 0 Å². The number of amides is 1. The van der Waals surface area contributed by atoms with Crippen LogP contribution >= 0.6 is 22.9 Å². The Bertz CT molecular complexity index is 595. The molecule has 0 aliphatic heterocycles. The van der Waals surface area contributed by atoms with Crippen molar-refractivity contribution in [1.82, 2.24) is 5.32 Å². The molecular weight excluding hydrogens is 306 g/mol. The Labute approximate surface area is 133 Å². The standard InChI is InChI=1S/C16H18ClNO2S/c1-2-13-7-8-14(21-13)10-18-16(20)9-15(19)11-3-5-12(17)6-4-11/h3-8,15,19H,2,9-10H2,1H3,(H,18,20). The molecule has 0 saturated heterocycles. The molecule has 2 rings (SSSR count). The van der Waals surface area contributed by atoms with Gasteiger partial charge in [0.1, 0.15) is 0 Å². The number of carbonyl (C=O) groups excluding carboxylic acids is 1. The Morgan fingerprint density at radius 1 is 1.24 bits per heavy atom. The summed E-state index contributed by atoms with van der Waals surface area (Å²) in [7, 11) is 0. The van der Waals surface area contributed by atoms with Gasteiger partial charge in [-0.15, -0.1) is 11.3 Å². The first-order valence-electron chi connectivity index (χ1n) is 6.86. The summed E-state index contributed by atoms with van der Waals surface area (Å²) in [6.07, 6.45) is 0.249. The summed E-state index contributed by atoms with van der Waals surface area (Å²) in [6.45, 7) is 2.62. The van der Waals surface area contributed by atoms with Crippen molar-refractivity contribution >= 4 is 28.8 Å². The number of aliphatic hydroxyl groups excluding tert-OH is 1. The zero-order valence-corrected chi connectivity index (χ0v) is 13.4. The summed E-state index contributed by atoms with van der Waals surface area (Å²) in [4.78, 5) is 14.3. The lowest BCUT2D eigenvalue weighted by Crippen LogP contribution is -2.24. The number of carbonyl (C=O) groups is 1. The summed E-state index contributed by atoms with van der Waals surface area (Å²) in [5, 5.41) is 13.5. The van der Waals surface area contributed by atoms with Crippen molar-refractivity contribution in [3.8, 4) is 0 Å². The molecular formula is C16H18ClNO2S.